The van der Waals surface area contributed by atoms with Gasteiger partial charge in [-0.15, -0.1) is 0 Å². The molecule has 0 heterocycles. The lowest BCUT2D eigenvalue weighted by Gasteiger charge is -2.21. The summed E-state index contributed by atoms with van der Waals surface area (Å²) in [5.74, 6) is 0.0800. The van der Waals surface area contributed by atoms with Crippen molar-refractivity contribution in [3.8, 4) is 0 Å². The van der Waals surface area contributed by atoms with E-state index >= 15 is 0 Å². The van der Waals surface area contributed by atoms with Crippen molar-refractivity contribution in [2.75, 3.05) is 26.3 Å². The molecule has 0 saturated heterocycles. The van der Waals surface area contributed by atoms with E-state index in [0.29, 0.717) is 26.3 Å². The van der Waals surface area contributed by atoms with E-state index in [4.69, 9.17) is 10.5 Å². The van der Waals surface area contributed by atoms with Crippen molar-refractivity contribution in [3.05, 3.63) is 0 Å². The van der Waals surface area contributed by atoms with Crippen molar-refractivity contribution in [1.29, 1.82) is 0 Å². The van der Waals surface area contributed by atoms with Gasteiger partial charge in [-0.2, -0.15) is 0 Å². The average Bonchev–Trinajstić information content (AvgIpc) is 2.17. The van der Waals surface area contributed by atoms with Gasteiger partial charge in [0.15, 0.2) is 0 Å². The second kappa shape index (κ2) is 6.79. The monoisotopic (exact) mass is 202 g/mol. The molecule has 84 valence electrons. The van der Waals surface area contributed by atoms with Gasteiger partial charge >= 0.3 is 0 Å². The lowest BCUT2D eigenvalue weighted by molar-refractivity contribution is -0.129. The smallest absolute Gasteiger partial charge is 0.225 e. The molecule has 0 aromatic carbocycles. The third-order valence-electron chi connectivity index (χ3n) is 2.29. The number of carbonyl (C=O) groups excluding carboxylic acids is 1. The summed E-state index contributed by atoms with van der Waals surface area (Å²) < 4.78 is 5.14. The summed E-state index contributed by atoms with van der Waals surface area (Å²) in [4.78, 5) is 11.5. The third kappa shape index (κ3) is 5.19. The van der Waals surface area contributed by atoms with Crippen LogP contribution in [0.25, 0.3) is 0 Å². The Morgan fingerprint density at radius 2 is 2.07 bits per heavy atom. The molecule has 0 saturated carbocycles. The molecule has 0 aliphatic rings. The highest BCUT2D eigenvalue weighted by Gasteiger charge is 2.24. The van der Waals surface area contributed by atoms with Crippen molar-refractivity contribution in [1.82, 2.24) is 5.32 Å². The van der Waals surface area contributed by atoms with Crippen molar-refractivity contribution >= 4 is 5.91 Å². The Labute approximate surface area is 86.2 Å². The van der Waals surface area contributed by atoms with Crippen LogP contribution in [0, 0.1) is 5.41 Å². The van der Waals surface area contributed by atoms with Crippen LogP contribution in [0.3, 0.4) is 0 Å². The van der Waals surface area contributed by atoms with Gasteiger partial charge in [-0.1, -0.05) is 20.8 Å². The van der Waals surface area contributed by atoms with Gasteiger partial charge in [0.1, 0.15) is 0 Å². The second-order valence-electron chi connectivity index (χ2n) is 3.89. The Balaban J connectivity index is 3.54. The van der Waals surface area contributed by atoms with E-state index in [1.807, 2.05) is 20.8 Å². The molecule has 4 heteroatoms. The standard InChI is InChI=1S/C10H22N2O2/c1-4-10(2,3)9(13)12-6-8-14-7-5-11/h4-8,11H2,1-3H3,(H,12,13). The van der Waals surface area contributed by atoms with Crippen molar-refractivity contribution in [2.24, 2.45) is 11.1 Å². The minimum absolute atomic E-state index is 0.0800. The van der Waals surface area contributed by atoms with E-state index < -0.39 is 0 Å². The lowest BCUT2D eigenvalue weighted by atomic mass is 9.89. The zero-order valence-electron chi connectivity index (χ0n) is 9.43. The predicted molar refractivity (Wildman–Crippen MR) is 57.0 cm³/mol. The van der Waals surface area contributed by atoms with E-state index in [1.54, 1.807) is 0 Å². The van der Waals surface area contributed by atoms with Gasteiger partial charge in [-0.3, -0.25) is 4.79 Å². The summed E-state index contributed by atoms with van der Waals surface area (Å²) in [6.07, 6.45) is 0.836. The quantitative estimate of drug-likeness (QED) is 0.591. The van der Waals surface area contributed by atoms with Gasteiger partial charge in [-0.25, -0.2) is 0 Å². The number of hydrogen-bond donors (Lipinski definition) is 2. The molecular weight excluding hydrogens is 180 g/mol. The lowest BCUT2D eigenvalue weighted by Crippen LogP contribution is -2.38. The van der Waals surface area contributed by atoms with E-state index in [9.17, 15) is 4.79 Å². The largest absolute Gasteiger partial charge is 0.378 e. The molecule has 0 fully saturated rings. The van der Waals surface area contributed by atoms with Crippen LogP contribution < -0.4 is 11.1 Å². The third-order valence-corrected chi connectivity index (χ3v) is 2.29. The van der Waals surface area contributed by atoms with Gasteiger partial charge in [0.2, 0.25) is 5.91 Å². The maximum absolute atomic E-state index is 11.5. The Morgan fingerprint density at radius 3 is 2.57 bits per heavy atom. The van der Waals surface area contributed by atoms with Crippen LogP contribution in [0.15, 0.2) is 0 Å². The average molecular weight is 202 g/mol. The molecule has 0 spiro atoms. The van der Waals surface area contributed by atoms with Gasteiger partial charge in [0.25, 0.3) is 0 Å². The fourth-order valence-electron chi connectivity index (χ4n) is 0.822. The molecule has 0 aromatic rings. The Hall–Kier alpha value is -0.610. The Bertz CT molecular complexity index is 170. The molecule has 0 unspecified atom stereocenters. The SMILES string of the molecule is CCC(C)(C)C(=O)NCCOCCN. The maximum atomic E-state index is 11.5. The van der Waals surface area contributed by atoms with Gasteiger partial charge < -0.3 is 15.8 Å². The van der Waals surface area contributed by atoms with Crippen molar-refractivity contribution in [2.45, 2.75) is 27.2 Å². The molecule has 0 aliphatic heterocycles. The first-order valence-corrected chi connectivity index (χ1v) is 5.10. The number of ether oxygens (including phenoxy) is 1. The van der Waals surface area contributed by atoms with Crippen LogP contribution in [0.4, 0.5) is 0 Å². The Morgan fingerprint density at radius 1 is 1.43 bits per heavy atom. The molecule has 4 nitrogen and oxygen atoms in total. The van der Waals surface area contributed by atoms with Crippen LogP contribution >= 0.6 is 0 Å². The highest BCUT2D eigenvalue weighted by atomic mass is 16.5. The molecule has 3 N–H and O–H groups in total. The number of nitrogens with two attached hydrogens (primary N) is 1. The number of hydrogen-bond acceptors (Lipinski definition) is 3. The molecule has 0 radical (unpaired) electrons. The fourth-order valence-corrected chi connectivity index (χ4v) is 0.822. The van der Waals surface area contributed by atoms with Crippen LogP contribution in [-0.4, -0.2) is 32.2 Å². The van der Waals surface area contributed by atoms with E-state index in [1.165, 1.54) is 0 Å². The summed E-state index contributed by atoms with van der Waals surface area (Å²) in [6.45, 7) is 8.03. The first-order chi connectivity index (χ1) is 6.54. The topological polar surface area (TPSA) is 64.3 Å². The fraction of sp³-hybridized carbons (Fsp3) is 0.900. The number of amides is 1. The molecule has 0 aliphatic carbocycles. The zero-order chi connectivity index (χ0) is 11.0. The first kappa shape index (κ1) is 13.4. The molecule has 14 heavy (non-hydrogen) atoms. The van der Waals surface area contributed by atoms with Crippen LogP contribution in [-0.2, 0) is 9.53 Å². The van der Waals surface area contributed by atoms with Gasteiger partial charge in [-0.05, 0) is 6.42 Å². The van der Waals surface area contributed by atoms with Crippen molar-refractivity contribution < 1.29 is 9.53 Å². The van der Waals surface area contributed by atoms with Crippen molar-refractivity contribution in [3.63, 3.8) is 0 Å². The molecule has 0 rings (SSSR count). The summed E-state index contributed by atoms with van der Waals surface area (Å²) in [6, 6.07) is 0. The van der Waals surface area contributed by atoms with Gasteiger partial charge in [0.05, 0.1) is 13.2 Å². The summed E-state index contributed by atoms with van der Waals surface area (Å²) in [5.41, 5.74) is 4.97. The maximum Gasteiger partial charge on any atom is 0.225 e. The van der Waals surface area contributed by atoms with E-state index in [-0.39, 0.29) is 11.3 Å². The second-order valence-corrected chi connectivity index (χ2v) is 3.89. The molecule has 0 aromatic heterocycles. The summed E-state index contributed by atoms with van der Waals surface area (Å²) in [5, 5.41) is 2.83. The van der Waals surface area contributed by atoms with E-state index in [2.05, 4.69) is 5.32 Å². The predicted octanol–water partition coefficient (Wildman–Crippen LogP) is 0.514. The molecule has 0 bridgehead atoms. The van der Waals surface area contributed by atoms with Crippen LogP contribution in [0.5, 0.6) is 0 Å². The van der Waals surface area contributed by atoms with Crippen LogP contribution in [0.1, 0.15) is 27.2 Å². The number of nitrogens with one attached hydrogen (secondary N) is 1. The summed E-state index contributed by atoms with van der Waals surface area (Å²) >= 11 is 0. The minimum atomic E-state index is -0.284. The minimum Gasteiger partial charge on any atom is -0.378 e. The highest BCUT2D eigenvalue weighted by molar-refractivity contribution is 5.81. The number of rotatable bonds is 7. The molecule has 0 atom stereocenters. The summed E-state index contributed by atoms with van der Waals surface area (Å²) in [7, 11) is 0. The molecular formula is C10H22N2O2. The Kier molecular flexibility index (Phi) is 6.49. The first-order valence-electron chi connectivity index (χ1n) is 5.10. The normalized spacial score (nSPS) is 11.4. The number of carbonyl (C=O) groups is 1. The van der Waals surface area contributed by atoms with E-state index in [0.717, 1.165) is 6.42 Å². The zero-order valence-corrected chi connectivity index (χ0v) is 9.43. The highest BCUT2D eigenvalue weighted by Crippen LogP contribution is 2.18. The van der Waals surface area contributed by atoms with Crippen LogP contribution in [0.2, 0.25) is 0 Å². The molecule has 1 amide bonds. The van der Waals surface area contributed by atoms with Gasteiger partial charge in [0, 0.05) is 18.5 Å².